The lowest BCUT2D eigenvalue weighted by Gasteiger charge is -2.04. The third-order valence-electron chi connectivity index (χ3n) is 2.34. The number of aromatic amines is 1. The molecule has 0 saturated carbocycles. The number of rotatable bonds is 5. The maximum atomic E-state index is 10.6. The Bertz CT molecular complexity index is 496. The van der Waals surface area contributed by atoms with Gasteiger partial charge in [0.2, 0.25) is 0 Å². The molecule has 2 N–H and O–H groups in total. The van der Waals surface area contributed by atoms with E-state index in [4.69, 9.17) is 0 Å². The van der Waals surface area contributed by atoms with Gasteiger partial charge >= 0.3 is 0 Å². The van der Waals surface area contributed by atoms with Crippen LogP contribution in [-0.4, -0.2) is 21.4 Å². The van der Waals surface area contributed by atoms with Crippen LogP contribution in [0.1, 0.15) is 5.69 Å². The standard InChI is InChI=1S/C11H12N4O2/c16-15(17)11-3-1-2-9(6-11)13-5-4-10-7-12-8-14-10/h1-3,6-8,13H,4-5H2,(H,12,14). The Morgan fingerprint density at radius 3 is 3.06 bits per heavy atom. The van der Waals surface area contributed by atoms with Gasteiger partial charge in [0.05, 0.1) is 11.3 Å². The molecule has 1 aromatic heterocycles. The van der Waals surface area contributed by atoms with Crippen LogP contribution in [0.3, 0.4) is 0 Å². The molecule has 17 heavy (non-hydrogen) atoms. The van der Waals surface area contributed by atoms with E-state index >= 15 is 0 Å². The molecule has 6 nitrogen and oxygen atoms in total. The predicted molar refractivity (Wildman–Crippen MR) is 63.9 cm³/mol. The summed E-state index contributed by atoms with van der Waals surface area (Å²) in [5.74, 6) is 0. The lowest BCUT2D eigenvalue weighted by molar-refractivity contribution is -0.384. The number of aromatic nitrogens is 2. The molecule has 0 amide bonds. The molecule has 1 heterocycles. The summed E-state index contributed by atoms with van der Waals surface area (Å²) in [6.07, 6.45) is 4.18. The second-order valence-electron chi connectivity index (χ2n) is 3.56. The number of imidazole rings is 1. The minimum atomic E-state index is -0.403. The molecule has 0 radical (unpaired) electrons. The number of non-ortho nitro benzene ring substituents is 1. The number of nitro groups is 1. The molecule has 0 unspecified atom stereocenters. The number of hydrogen-bond acceptors (Lipinski definition) is 4. The average molecular weight is 232 g/mol. The minimum absolute atomic E-state index is 0.0940. The van der Waals surface area contributed by atoms with E-state index in [1.165, 1.54) is 12.1 Å². The van der Waals surface area contributed by atoms with Gasteiger partial charge in [-0.15, -0.1) is 0 Å². The Morgan fingerprint density at radius 2 is 2.35 bits per heavy atom. The van der Waals surface area contributed by atoms with Gasteiger partial charge in [0.1, 0.15) is 0 Å². The molecule has 0 spiro atoms. The van der Waals surface area contributed by atoms with Crippen LogP contribution in [0, 0.1) is 10.1 Å². The fraction of sp³-hybridized carbons (Fsp3) is 0.182. The molecule has 2 aromatic rings. The van der Waals surface area contributed by atoms with Gasteiger partial charge in [-0.3, -0.25) is 10.1 Å². The zero-order valence-corrected chi connectivity index (χ0v) is 9.09. The zero-order valence-electron chi connectivity index (χ0n) is 9.09. The van der Waals surface area contributed by atoms with Crippen molar-refractivity contribution in [1.82, 2.24) is 9.97 Å². The normalized spacial score (nSPS) is 10.1. The Labute approximate surface area is 97.9 Å². The van der Waals surface area contributed by atoms with Crippen LogP contribution in [0.2, 0.25) is 0 Å². The molecule has 88 valence electrons. The van der Waals surface area contributed by atoms with Gasteiger partial charge in [0, 0.05) is 42.7 Å². The van der Waals surface area contributed by atoms with Gasteiger partial charge in [-0.25, -0.2) is 4.98 Å². The average Bonchev–Trinajstić information content (AvgIpc) is 2.82. The van der Waals surface area contributed by atoms with Crippen LogP contribution in [-0.2, 0) is 6.42 Å². The fourth-order valence-corrected chi connectivity index (χ4v) is 1.49. The predicted octanol–water partition coefficient (Wildman–Crippen LogP) is 1.97. The Balaban J connectivity index is 1.90. The van der Waals surface area contributed by atoms with Crippen LogP contribution in [0.25, 0.3) is 0 Å². The molecule has 6 heteroatoms. The highest BCUT2D eigenvalue weighted by atomic mass is 16.6. The summed E-state index contributed by atoms with van der Waals surface area (Å²) in [4.78, 5) is 17.1. The Kier molecular flexibility index (Phi) is 3.34. The van der Waals surface area contributed by atoms with E-state index in [0.717, 1.165) is 17.8 Å². The monoisotopic (exact) mass is 232 g/mol. The van der Waals surface area contributed by atoms with E-state index in [0.29, 0.717) is 6.54 Å². The molecule has 0 bridgehead atoms. The summed E-state index contributed by atoms with van der Waals surface area (Å²) in [6.45, 7) is 0.698. The summed E-state index contributed by atoms with van der Waals surface area (Å²) < 4.78 is 0. The molecule has 1 aromatic carbocycles. The molecule has 2 rings (SSSR count). The number of H-pyrrole nitrogens is 1. The van der Waals surface area contributed by atoms with Crippen LogP contribution in [0.4, 0.5) is 11.4 Å². The van der Waals surface area contributed by atoms with Crippen LogP contribution >= 0.6 is 0 Å². The maximum absolute atomic E-state index is 10.6. The van der Waals surface area contributed by atoms with Gasteiger partial charge in [-0.2, -0.15) is 0 Å². The van der Waals surface area contributed by atoms with E-state index in [2.05, 4.69) is 15.3 Å². The van der Waals surface area contributed by atoms with E-state index in [1.807, 2.05) is 0 Å². The summed E-state index contributed by atoms with van der Waals surface area (Å²) in [5, 5.41) is 13.7. The van der Waals surface area contributed by atoms with Crippen molar-refractivity contribution in [1.29, 1.82) is 0 Å². The Hall–Kier alpha value is -2.37. The first kappa shape index (κ1) is 11.1. The van der Waals surface area contributed by atoms with Crippen molar-refractivity contribution in [3.63, 3.8) is 0 Å². The van der Waals surface area contributed by atoms with Crippen molar-refractivity contribution in [2.75, 3.05) is 11.9 Å². The van der Waals surface area contributed by atoms with Gasteiger partial charge in [0.15, 0.2) is 0 Å². The van der Waals surface area contributed by atoms with E-state index in [9.17, 15) is 10.1 Å². The van der Waals surface area contributed by atoms with Crippen LogP contribution in [0.5, 0.6) is 0 Å². The first-order valence-electron chi connectivity index (χ1n) is 5.21. The van der Waals surface area contributed by atoms with Crippen LogP contribution in [0.15, 0.2) is 36.8 Å². The molecule has 0 aliphatic heterocycles. The first-order valence-corrected chi connectivity index (χ1v) is 5.21. The summed E-state index contributed by atoms with van der Waals surface area (Å²) in [6, 6.07) is 6.46. The number of anilines is 1. The van der Waals surface area contributed by atoms with Crippen molar-refractivity contribution < 1.29 is 4.92 Å². The van der Waals surface area contributed by atoms with Crippen molar-refractivity contribution in [2.24, 2.45) is 0 Å². The van der Waals surface area contributed by atoms with E-state index < -0.39 is 4.92 Å². The summed E-state index contributed by atoms with van der Waals surface area (Å²) in [5.41, 5.74) is 1.87. The SMILES string of the molecule is O=[N+]([O-])c1cccc(NCCc2cnc[nH]2)c1. The Morgan fingerprint density at radius 1 is 1.47 bits per heavy atom. The van der Waals surface area contributed by atoms with Crippen molar-refractivity contribution in [2.45, 2.75) is 6.42 Å². The van der Waals surface area contributed by atoms with Crippen molar-refractivity contribution >= 4 is 11.4 Å². The number of nitrogens with zero attached hydrogens (tertiary/aromatic N) is 2. The highest BCUT2D eigenvalue weighted by molar-refractivity contribution is 5.50. The third-order valence-corrected chi connectivity index (χ3v) is 2.34. The van der Waals surface area contributed by atoms with Crippen LogP contribution < -0.4 is 5.32 Å². The molecular weight excluding hydrogens is 220 g/mol. The zero-order chi connectivity index (χ0) is 12.1. The quantitative estimate of drug-likeness (QED) is 0.609. The van der Waals surface area contributed by atoms with Gasteiger partial charge in [0.25, 0.3) is 5.69 Å². The third kappa shape index (κ3) is 3.04. The highest BCUT2D eigenvalue weighted by Crippen LogP contribution is 2.16. The summed E-state index contributed by atoms with van der Waals surface area (Å²) >= 11 is 0. The molecular formula is C11H12N4O2. The fourth-order valence-electron chi connectivity index (χ4n) is 1.49. The lowest BCUT2D eigenvalue weighted by atomic mass is 10.2. The molecule has 0 saturated heterocycles. The van der Waals surface area contributed by atoms with Crippen molar-refractivity contribution in [3.8, 4) is 0 Å². The first-order chi connectivity index (χ1) is 8.25. The van der Waals surface area contributed by atoms with Gasteiger partial charge < -0.3 is 10.3 Å². The largest absolute Gasteiger partial charge is 0.384 e. The lowest BCUT2D eigenvalue weighted by Crippen LogP contribution is -2.05. The molecule has 0 aliphatic carbocycles. The second-order valence-corrected chi connectivity index (χ2v) is 3.56. The number of hydrogen-bond donors (Lipinski definition) is 2. The molecule has 0 fully saturated rings. The van der Waals surface area contributed by atoms with E-state index in [1.54, 1.807) is 24.7 Å². The highest BCUT2D eigenvalue weighted by Gasteiger charge is 2.04. The van der Waals surface area contributed by atoms with Gasteiger partial charge in [-0.05, 0) is 6.07 Å². The number of nitro benzene ring substituents is 1. The molecule has 0 atom stereocenters. The smallest absolute Gasteiger partial charge is 0.271 e. The molecule has 0 aliphatic rings. The number of nitrogens with one attached hydrogen (secondary N) is 2. The topological polar surface area (TPSA) is 83.8 Å². The van der Waals surface area contributed by atoms with Gasteiger partial charge in [-0.1, -0.05) is 6.07 Å². The summed E-state index contributed by atoms with van der Waals surface area (Å²) in [7, 11) is 0. The van der Waals surface area contributed by atoms with E-state index in [-0.39, 0.29) is 5.69 Å². The van der Waals surface area contributed by atoms with Crippen molar-refractivity contribution in [3.05, 3.63) is 52.6 Å². The number of benzene rings is 1. The maximum Gasteiger partial charge on any atom is 0.271 e. The second kappa shape index (κ2) is 5.11. The minimum Gasteiger partial charge on any atom is -0.384 e.